The van der Waals surface area contributed by atoms with Gasteiger partial charge in [0.25, 0.3) is 0 Å². The molecule has 0 fully saturated rings. The quantitative estimate of drug-likeness (QED) is 0.472. The second kappa shape index (κ2) is 8.80. The van der Waals surface area contributed by atoms with E-state index in [1.165, 1.54) is 5.56 Å². The molecule has 0 aliphatic rings. The summed E-state index contributed by atoms with van der Waals surface area (Å²) in [7, 11) is 0. The van der Waals surface area contributed by atoms with E-state index in [4.69, 9.17) is 0 Å². The topological polar surface area (TPSA) is 46.9 Å². The highest BCUT2D eigenvalue weighted by molar-refractivity contribution is 7.99. The molecule has 0 radical (unpaired) electrons. The van der Waals surface area contributed by atoms with Gasteiger partial charge < -0.3 is 5.32 Å². The van der Waals surface area contributed by atoms with Crippen molar-refractivity contribution in [2.75, 3.05) is 12.3 Å². The third-order valence-electron chi connectivity index (χ3n) is 3.90. The number of alkyl halides is 2. The Morgan fingerprint density at radius 2 is 1.85 bits per heavy atom. The molecule has 0 bridgehead atoms. The minimum atomic E-state index is -2.70. The SMILES string of the molecule is O=C(CSc1nc2ccccc2n1C(F)F)NCCCc1ccccc1. The maximum Gasteiger partial charge on any atom is 0.321 e. The number of aromatic nitrogens is 2. The molecule has 1 amide bonds. The smallest absolute Gasteiger partial charge is 0.321 e. The van der Waals surface area contributed by atoms with E-state index in [0.717, 1.165) is 29.2 Å². The van der Waals surface area contributed by atoms with Crippen LogP contribution < -0.4 is 5.32 Å². The van der Waals surface area contributed by atoms with Crippen molar-refractivity contribution in [3.05, 3.63) is 60.2 Å². The normalized spacial score (nSPS) is 11.2. The molecule has 1 N–H and O–H groups in total. The fourth-order valence-corrected chi connectivity index (χ4v) is 3.50. The third kappa shape index (κ3) is 4.60. The fourth-order valence-electron chi connectivity index (χ4n) is 2.66. The maximum atomic E-state index is 13.3. The van der Waals surface area contributed by atoms with Crippen molar-refractivity contribution in [2.45, 2.75) is 24.5 Å². The number of nitrogens with one attached hydrogen (secondary N) is 1. The van der Waals surface area contributed by atoms with Crippen LogP contribution >= 0.6 is 11.8 Å². The van der Waals surface area contributed by atoms with Crippen LogP contribution in [0.15, 0.2) is 59.8 Å². The van der Waals surface area contributed by atoms with Gasteiger partial charge in [0, 0.05) is 6.54 Å². The highest BCUT2D eigenvalue weighted by Crippen LogP contribution is 2.28. The molecule has 7 heteroatoms. The number of aryl methyl sites for hydroxylation is 1. The number of hydrogen-bond donors (Lipinski definition) is 1. The van der Waals surface area contributed by atoms with Gasteiger partial charge in [-0.2, -0.15) is 8.78 Å². The number of amides is 1. The number of nitrogens with zero attached hydrogens (tertiary/aromatic N) is 2. The van der Waals surface area contributed by atoms with Crippen LogP contribution in [-0.4, -0.2) is 27.8 Å². The average Bonchev–Trinajstić information content (AvgIpc) is 3.03. The highest BCUT2D eigenvalue weighted by Gasteiger charge is 2.18. The molecular weight excluding hydrogens is 356 g/mol. The lowest BCUT2D eigenvalue weighted by Crippen LogP contribution is -2.26. The number of imidazole rings is 1. The number of fused-ring (bicyclic) bond motifs is 1. The standard InChI is InChI=1S/C19H19F2N3OS/c20-18(21)24-16-11-5-4-10-15(16)23-19(24)26-13-17(25)22-12-6-9-14-7-2-1-3-8-14/h1-5,7-8,10-11,18H,6,9,12-13H2,(H,22,25). The monoisotopic (exact) mass is 375 g/mol. The predicted molar refractivity (Wildman–Crippen MR) is 99.5 cm³/mol. The van der Waals surface area contributed by atoms with Crippen molar-refractivity contribution in [3.63, 3.8) is 0 Å². The molecule has 0 saturated heterocycles. The number of hydrogen-bond acceptors (Lipinski definition) is 3. The van der Waals surface area contributed by atoms with Gasteiger partial charge in [-0.1, -0.05) is 54.2 Å². The molecule has 3 rings (SSSR count). The Morgan fingerprint density at radius 3 is 2.62 bits per heavy atom. The minimum absolute atomic E-state index is 0.0569. The second-order valence-corrected chi connectivity index (χ2v) is 6.70. The zero-order valence-corrected chi connectivity index (χ0v) is 14.9. The van der Waals surface area contributed by atoms with E-state index in [2.05, 4.69) is 10.3 Å². The van der Waals surface area contributed by atoms with Gasteiger partial charge in [-0.3, -0.25) is 9.36 Å². The summed E-state index contributed by atoms with van der Waals surface area (Å²) in [5, 5.41) is 2.97. The fraction of sp³-hybridized carbons (Fsp3) is 0.263. The summed E-state index contributed by atoms with van der Waals surface area (Å²) < 4.78 is 27.5. The average molecular weight is 375 g/mol. The molecular formula is C19H19F2N3OS. The summed E-state index contributed by atoms with van der Waals surface area (Å²) in [4.78, 5) is 16.2. The Balaban J connectivity index is 1.50. The van der Waals surface area contributed by atoms with Crippen LogP contribution in [0.25, 0.3) is 11.0 Å². The largest absolute Gasteiger partial charge is 0.355 e. The first-order chi connectivity index (χ1) is 12.6. The number of benzene rings is 2. The van der Waals surface area contributed by atoms with Crippen LogP contribution in [-0.2, 0) is 11.2 Å². The Hall–Kier alpha value is -2.41. The molecule has 0 spiro atoms. The number of carbonyl (C=O) groups is 1. The number of thioether (sulfide) groups is 1. The number of halogens is 2. The van der Waals surface area contributed by atoms with E-state index < -0.39 is 6.55 Å². The van der Waals surface area contributed by atoms with E-state index in [9.17, 15) is 13.6 Å². The Morgan fingerprint density at radius 1 is 1.12 bits per heavy atom. The van der Waals surface area contributed by atoms with E-state index in [-0.39, 0.29) is 16.8 Å². The number of para-hydroxylation sites is 2. The Labute approximate surface area is 154 Å². The first-order valence-corrected chi connectivity index (χ1v) is 9.32. The highest BCUT2D eigenvalue weighted by atomic mass is 32.2. The predicted octanol–water partition coefficient (Wildman–Crippen LogP) is 4.27. The second-order valence-electron chi connectivity index (χ2n) is 5.76. The third-order valence-corrected chi connectivity index (χ3v) is 4.85. The molecule has 0 aliphatic carbocycles. The van der Waals surface area contributed by atoms with E-state index >= 15 is 0 Å². The summed E-state index contributed by atoms with van der Waals surface area (Å²) in [6.07, 6.45) is 1.71. The Kier molecular flexibility index (Phi) is 6.22. The van der Waals surface area contributed by atoms with Crippen LogP contribution in [0.2, 0.25) is 0 Å². The van der Waals surface area contributed by atoms with Crippen molar-refractivity contribution >= 4 is 28.7 Å². The molecule has 0 aliphatic heterocycles. The molecule has 26 heavy (non-hydrogen) atoms. The van der Waals surface area contributed by atoms with Gasteiger partial charge >= 0.3 is 6.55 Å². The van der Waals surface area contributed by atoms with Gasteiger partial charge in [0.15, 0.2) is 5.16 Å². The molecule has 0 unspecified atom stereocenters. The number of carbonyl (C=O) groups excluding carboxylic acids is 1. The van der Waals surface area contributed by atoms with Crippen molar-refractivity contribution in [1.29, 1.82) is 0 Å². The van der Waals surface area contributed by atoms with Gasteiger partial charge in [-0.15, -0.1) is 0 Å². The summed E-state index contributed by atoms with van der Waals surface area (Å²) in [6.45, 7) is -2.14. The lowest BCUT2D eigenvalue weighted by atomic mass is 10.1. The van der Waals surface area contributed by atoms with Gasteiger partial charge in [0.1, 0.15) is 0 Å². The zero-order chi connectivity index (χ0) is 18.4. The lowest BCUT2D eigenvalue weighted by Gasteiger charge is -2.08. The van der Waals surface area contributed by atoms with Gasteiger partial charge in [0.05, 0.1) is 16.8 Å². The molecule has 2 aromatic carbocycles. The number of rotatable bonds is 8. The minimum Gasteiger partial charge on any atom is -0.355 e. The van der Waals surface area contributed by atoms with Crippen LogP contribution in [0.5, 0.6) is 0 Å². The van der Waals surface area contributed by atoms with Crippen LogP contribution in [0, 0.1) is 0 Å². The molecule has 1 heterocycles. The summed E-state index contributed by atoms with van der Waals surface area (Å²) in [5.74, 6) is -0.127. The first-order valence-electron chi connectivity index (χ1n) is 8.33. The molecule has 136 valence electrons. The van der Waals surface area contributed by atoms with Gasteiger partial charge in [-0.25, -0.2) is 4.98 Å². The zero-order valence-electron chi connectivity index (χ0n) is 14.1. The van der Waals surface area contributed by atoms with E-state index in [0.29, 0.717) is 17.6 Å². The molecule has 3 aromatic rings. The summed E-state index contributed by atoms with van der Waals surface area (Å²) >= 11 is 1.02. The first kappa shape index (κ1) is 18.4. The lowest BCUT2D eigenvalue weighted by molar-refractivity contribution is -0.118. The summed E-state index contributed by atoms with van der Waals surface area (Å²) in [5.41, 5.74) is 2.09. The van der Waals surface area contributed by atoms with Crippen LogP contribution in [0.1, 0.15) is 18.5 Å². The van der Waals surface area contributed by atoms with Crippen molar-refractivity contribution in [1.82, 2.24) is 14.9 Å². The molecule has 1 aromatic heterocycles. The molecule has 4 nitrogen and oxygen atoms in total. The summed E-state index contributed by atoms with van der Waals surface area (Å²) in [6, 6.07) is 16.8. The van der Waals surface area contributed by atoms with E-state index in [1.807, 2.05) is 30.3 Å². The molecule has 0 atom stereocenters. The van der Waals surface area contributed by atoms with Gasteiger partial charge in [0.2, 0.25) is 5.91 Å². The van der Waals surface area contributed by atoms with E-state index in [1.54, 1.807) is 24.3 Å². The van der Waals surface area contributed by atoms with Crippen molar-refractivity contribution in [3.8, 4) is 0 Å². The van der Waals surface area contributed by atoms with Gasteiger partial charge in [-0.05, 0) is 30.5 Å². The Bertz CT molecular complexity index is 868. The maximum absolute atomic E-state index is 13.3. The van der Waals surface area contributed by atoms with Crippen LogP contribution in [0.3, 0.4) is 0 Å². The van der Waals surface area contributed by atoms with Crippen LogP contribution in [0.4, 0.5) is 8.78 Å². The van der Waals surface area contributed by atoms with Crippen molar-refractivity contribution < 1.29 is 13.6 Å². The van der Waals surface area contributed by atoms with Crippen molar-refractivity contribution in [2.24, 2.45) is 0 Å². The molecule has 0 saturated carbocycles.